The lowest BCUT2D eigenvalue weighted by Gasteiger charge is -2.34. The zero-order valence-corrected chi connectivity index (χ0v) is 17.9. The second-order valence-corrected chi connectivity index (χ2v) is 7.89. The minimum Gasteiger partial charge on any atom is -0.450 e. The zero-order chi connectivity index (χ0) is 21.3. The summed E-state index contributed by atoms with van der Waals surface area (Å²) in [6.07, 6.45) is 4.43. The van der Waals surface area contributed by atoms with Crippen molar-refractivity contribution in [2.75, 3.05) is 13.2 Å². The molecule has 1 amide bonds. The molecule has 1 fully saturated rings. The highest BCUT2D eigenvalue weighted by Crippen LogP contribution is 2.30. The lowest BCUT2D eigenvalue weighted by atomic mass is 9.89. The van der Waals surface area contributed by atoms with E-state index in [4.69, 9.17) is 9.47 Å². The highest BCUT2D eigenvalue weighted by molar-refractivity contribution is 5.89. The van der Waals surface area contributed by atoms with Gasteiger partial charge in [-0.2, -0.15) is 0 Å². The fourth-order valence-corrected chi connectivity index (χ4v) is 3.99. The molecule has 0 aliphatic heterocycles. The van der Waals surface area contributed by atoms with Gasteiger partial charge < -0.3 is 9.47 Å². The Balaban J connectivity index is 1.90. The Bertz CT molecular complexity index is 830. The van der Waals surface area contributed by atoms with E-state index in [0.29, 0.717) is 18.0 Å². The predicted octanol–water partition coefficient (Wildman–Crippen LogP) is 5.89. The molecule has 2 aromatic carbocycles. The van der Waals surface area contributed by atoms with E-state index in [1.165, 1.54) is 19.3 Å². The number of carbonyl (C=O) groups excluding carboxylic acids is 2. The van der Waals surface area contributed by atoms with Crippen LogP contribution >= 0.6 is 0 Å². The molecule has 0 heterocycles. The van der Waals surface area contributed by atoms with Gasteiger partial charge in [-0.3, -0.25) is 4.90 Å². The number of benzene rings is 2. The average Bonchev–Trinajstić information content (AvgIpc) is 2.77. The van der Waals surface area contributed by atoms with Gasteiger partial charge in [-0.1, -0.05) is 67.3 Å². The summed E-state index contributed by atoms with van der Waals surface area (Å²) in [6.45, 7) is 4.50. The summed E-state index contributed by atoms with van der Waals surface area (Å²) in [4.78, 5) is 27.5. The van der Waals surface area contributed by atoms with E-state index < -0.39 is 18.3 Å². The monoisotopic (exact) mass is 409 g/mol. The molecule has 0 radical (unpaired) electrons. The molecule has 0 spiro atoms. The molecular formula is C25H31NO4. The molecule has 1 unspecified atom stereocenters. The average molecular weight is 410 g/mol. The Hall–Kier alpha value is -2.82. The van der Waals surface area contributed by atoms with Crippen LogP contribution in [0.1, 0.15) is 66.7 Å². The number of nitrogens with zero attached hydrogens (tertiary/aromatic N) is 1. The van der Waals surface area contributed by atoms with E-state index in [0.717, 1.165) is 24.0 Å². The van der Waals surface area contributed by atoms with Crippen molar-refractivity contribution in [1.29, 1.82) is 0 Å². The minimum atomic E-state index is -0.833. The van der Waals surface area contributed by atoms with Gasteiger partial charge in [0.1, 0.15) is 0 Å². The van der Waals surface area contributed by atoms with Crippen LogP contribution in [0.4, 0.5) is 4.79 Å². The third-order valence-electron chi connectivity index (χ3n) is 5.52. The summed E-state index contributed by atoms with van der Waals surface area (Å²) in [6, 6.07) is 16.7. The largest absolute Gasteiger partial charge is 0.450 e. The van der Waals surface area contributed by atoms with Crippen molar-refractivity contribution in [3.8, 4) is 0 Å². The molecule has 5 heteroatoms. The van der Waals surface area contributed by atoms with Gasteiger partial charge in [0, 0.05) is 12.1 Å². The molecule has 5 nitrogen and oxygen atoms in total. The molecule has 0 N–H and O–H groups in total. The van der Waals surface area contributed by atoms with Crippen LogP contribution in [-0.4, -0.2) is 30.1 Å². The molecule has 160 valence electrons. The molecule has 1 aliphatic rings. The number of ether oxygens (including phenoxy) is 2. The zero-order valence-electron chi connectivity index (χ0n) is 17.9. The van der Waals surface area contributed by atoms with Crippen LogP contribution in [0.5, 0.6) is 0 Å². The number of hydrogen-bond donors (Lipinski definition) is 0. The van der Waals surface area contributed by atoms with Crippen molar-refractivity contribution in [1.82, 2.24) is 4.90 Å². The maximum atomic E-state index is 13.0. The van der Waals surface area contributed by atoms with Crippen LogP contribution in [0.2, 0.25) is 0 Å². The third kappa shape index (κ3) is 5.85. The Morgan fingerprint density at radius 1 is 1.03 bits per heavy atom. The molecule has 0 saturated heterocycles. The smallest absolute Gasteiger partial charge is 0.412 e. The summed E-state index contributed by atoms with van der Waals surface area (Å²) >= 11 is 0. The summed E-state index contributed by atoms with van der Waals surface area (Å²) < 4.78 is 11.3. The predicted molar refractivity (Wildman–Crippen MR) is 116 cm³/mol. The van der Waals surface area contributed by atoms with Crippen molar-refractivity contribution in [2.24, 2.45) is 5.92 Å². The van der Waals surface area contributed by atoms with Crippen molar-refractivity contribution in [3.63, 3.8) is 0 Å². The van der Waals surface area contributed by atoms with Crippen LogP contribution in [-0.2, 0) is 9.47 Å². The fourth-order valence-electron chi connectivity index (χ4n) is 3.99. The summed E-state index contributed by atoms with van der Waals surface area (Å²) in [5.74, 6) is -0.0717. The first-order valence-electron chi connectivity index (χ1n) is 10.8. The molecule has 3 rings (SSSR count). The highest BCUT2D eigenvalue weighted by atomic mass is 16.6. The Morgan fingerprint density at radius 3 is 2.43 bits per heavy atom. The molecule has 1 atom stereocenters. The lowest BCUT2D eigenvalue weighted by molar-refractivity contribution is -0.0379. The highest BCUT2D eigenvalue weighted by Gasteiger charge is 2.32. The number of aryl methyl sites for hydroxylation is 1. The number of rotatable bonds is 7. The Labute approximate surface area is 179 Å². The van der Waals surface area contributed by atoms with E-state index in [-0.39, 0.29) is 6.61 Å². The van der Waals surface area contributed by atoms with Gasteiger partial charge in [0.15, 0.2) is 0 Å². The van der Waals surface area contributed by atoms with Gasteiger partial charge in [0.25, 0.3) is 0 Å². The maximum absolute atomic E-state index is 13.0. The second kappa shape index (κ2) is 10.8. The SMILES string of the molecule is CCOC(=O)N(CC1CCCCC1)C(OC(=O)c1cccc(C)c1)c1ccccc1. The van der Waals surface area contributed by atoms with Gasteiger partial charge in [-0.05, 0) is 44.7 Å². The number of carbonyl (C=O) groups is 2. The van der Waals surface area contributed by atoms with Crippen LogP contribution < -0.4 is 0 Å². The molecule has 30 heavy (non-hydrogen) atoms. The fraction of sp³-hybridized carbons (Fsp3) is 0.440. The number of hydrogen-bond acceptors (Lipinski definition) is 4. The van der Waals surface area contributed by atoms with Gasteiger partial charge in [-0.15, -0.1) is 0 Å². The van der Waals surface area contributed by atoms with Gasteiger partial charge in [0.05, 0.1) is 12.2 Å². The summed E-state index contributed by atoms with van der Waals surface area (Å²) in [5, 5.41) is 0. The van der Waals surface area contributed by atoms with Crippen LogP contribution in [0.15, 0.2) is 54.6 Å². The topological polar surface area (TPSA) is 55.8 Å². The first kappa shape index (κ1) is 21.9. The van der Waals surface area contributed by atoms with Gasteiger partial charge >= 0.3 is 12.1 Å². The molecular weight excluding hydrogens is 378 g/mol. The van der Waals surface area contributed by atoms with E-state index >= 15 is 0 Å². The van der Waals surface area contributed by atoms with Gasteiger partial charge in [-0.25, -0.2) is 9.59 Å². The summed E-state index contributed by atoms with van der Waals surface area (Å²) in [5.41, 5.74) is 2.20. The van der Waals surface area contributed by atoms with Crippen LogP contribution in [0.3, 0.4) is 0 Å². The first-order valence-corrected chi connectivity index (χ1v) is 10.8. The Kier molecular flexibility index (Phi) is 7.89. The van der Waals surface area contributed by atoms with Crippen molar-refractivity contribution < 1.29 is 19.1 Å². The molecule has 0 bridgehead atoms. The number of esters is 1. The van der Waals surface area contributed by atoms with E-state index in [1.54, 1.807) is 24.0 Å². The standard InChI is InChI=1S/C25H31NO4/c1-3-29-25(28)26(18-20-12-6-4-7-13-20)23(21-14-8-5-9-15-21)30-24(27)22-16-10-11-19(2)17-22/h5,8-11,14-17,20,23H,3-4,6-7,12-13,18H2,1-2H3. The van der Waals surface area contributed by atoms with Crippen LogP contribution in [0, 0.1) is 12.8 Å². The second-order valence-electron chi connectivity index (χ2n) is 7.89. The molecule has 1 saturated carbocycles. The van der Waals surface area contributed by atoms with E-state index in [2.05, 4.69) is 0 Å². The Morgan fingerprint density at radius 2 is 1.77 bits per heavy atom. The first-order chi connectivity index (χ1) is 14.6. The molecule has 2 aromatic rings. The lowest BCUT2D eigenvalue weighted by Crippen LogP contribution is -2.41. The summed E-state index contributed by atoms with van der Waals surface area (Å²) in [7, 11) is 0. The number of amides is 1. The van der Waals surface area contributed by atoms with Crippen molar-refractivity contribution >= 4 is 12.1 Å². The van der Waals surface area contributed by atoms with Crippen LogP contribution in [0.25, 0.3) is 0 Å². The van der Waals surface area contributed by atoms with E-state index in [1.807, 2.05) is 49.4 Å². The molecule has 0 aromatic heterocycles. The minimum absolute atomic E-state index is 0.271. The quantitative estimate of drug-likeness (QED) is 0.423. The van der Waals surface area contributed by atoms with Crippen molar-refractivity contribution in [3.05, 3.63) is 71.3 Å². The normalized spacial score (nSPS) is 15.3. The van der Waals surface area contributed by atoms with Gasteiger partial charge in [0.2, 0.25) is 6.23 Å². The maximum Gasteiger partial charge on any atom is 0.412 e. The molecule has 1 aliphatic carbocycles. The van der Waals surface area contributed by atoms with E-state index in [9.17, 15) is 9.59 Å². The third-order valence-corrected chi connectivity index (χ3v) is 5.52. The van der Waals surface area contributed by atoms with Crippen molar-refractivity contribution in [2.45, 2.75) is 52.2 Å².